The van der Waals surface area contributed by atoms with Crippen molar-refractivity contribution in [3.8, 4) is 22.9 Å². The van der Waals surface area contributed by atoms with Gasteiger partial charge in [-0.05, 0) is 41.8 Å². The maximum atomic E-state index is 12.6. The molecular formula is C23H20N2O2. The van der Waals surface area contributed by atoms with Crippen LogP contribution in [0.25, 0.3) is 11.1 Å². The van der Waals surface area contributed by atoms with Crippen LogP contribution in [0.5, 0.6) is 5.75 Å². The summed E-state index contributed by atoms with van der Waals surface area (Å²) in [6.07, 6.45) is -0.125. The molecule has 0 bridgehead atoms. The number of benzene rings is 3. The average molecular weight is 356 g/mol. The summed E-state index contributed by atoms with van der Waals surface area (Å²) in [5, 5.41) is 11.9. The highest BCUT2D eigenvalue weighted by Gasteiger charge is 2.19. The van der Waals surface area contributed by atoms with Crippen LogP contribution < -0.4 is 10.1 Å². The standard InChI is InChI=1S/C23H20N2O2/c1-2-22(23(26)25-21-11-7-6-10-19(21)16-24)27-20-14-12-18(13-15-20)17-8-4-3-5-9-17/h3-15,22H,2H2,1H3,(H,25,26). The molecule has 0 radical (unpaired) electrons. The molecule has 27 heavy (non-hydrogen) atoms. The van der Waals surface area contributed by atoms with Crippen LogP contribution in [0.1, 0.15) is 18.9 Å². The highest BCUT2D eigenvalue weighted by atomic mass is 16.5. The Morgan fingerprint density at radius 1 is 0.963 bits per heavy atom. The minimum atomic E-state index is -0.640. The van der Waals surface area contributed by atoms with E-state index in [0.717, 1.165) is 11.1 Å². The lowest BCUT2D eigenvalue weighted by Crippen LogP contribution is -2.32. The van der Waals surface area contributed by atoms with Crippen LogP contribution >= 0.6 is 0 Å². The van der Waals surface area contributed by atoms with E-state index < -0.39 is 6.10 Å². The van der Waals surface area contributed by atoms with Gasteiger partial charge in [-0.25, -0.2) is 0 Å². The molecule has 0 saturated carbocycles. The van der Waals surface area contributed by atoms with Crippen molar-refractivity contribution in [2.75, 3.05) is 5.32 Å². The zero-order chi connectivity index (χ0) is 19.1. The Labute approximate surface area is 159 Å². The first-order chi connectivity index (χ1) is 13.2. The second-order valence-electron chi connectivity index (χ2n) is 6.05. The van der Waals surface area contributed by atoms with Gasteiger partial charge in [0, 0.05) is 0 Å². The van der Waals surface area contributed by atoms with E-state index in [2.05, 4.69) is 11.4 Å². The van der Waals surface area contributed by atoms with E-state index in [4.69, 9.17) is 10.00 Å². The van der Waals surface area contributed by atoms with Gasteiger partial charge in [-0.2, -0.15) is 5.26 Å². The number of carbonyl (C=O) groups is 1. The van der Waals surface area contributed by atoms with E-state index in [9.17, 15) is 4.79 Å². The molecule has 1 amide bonds. The lowest BCUT2D eigenvalue weighted by molar-refractivity contribution is -0.122. The molecule has 3 aromatic rings. The Kier molecular flexibility index (Phi) is 5.86. The van der Waals surface area contributed by atoms with Crippen molar-refractivity contribution >= 4 is 11.6 Å². The van der Waals surface area contributed by atoms with Gasteiger partial charge in [0.1, 0.15) is 11.8 Å². The fourth-order valence-electron chi connectivity index (χ4n) is 2.75. The molecular weight excluding hydrogens is 336 g/mol. The van der Waals surface area contributed by atoms with Gasteiger partial charge < -0.3 is 10.1 Å². The van der Waals surface area contributed by atoms with Gasteiger partial charge >= 0.3 is 0 Å². The topological polar surface area (TPSA) is 62.1 Å². The van der Waals surface area contributed by atoms with Crippen molar-refractivity contribution < 1.29 is 9.53 Å². The predicted molar refractivity (Wildman–Crippen MR) is 106 cm³/mol. The summed E-state index contributed by atoms with van der Waals surface area (Å²) in [5.41, 5.74) is 3.13. The maximum absolute atomic E-state index is 12.6. The molecule has 0 saturated heterocycles. The number of carbonyl (C=O) groups excluding carboxylic acids is 1. The van der Waals surface area contributed by atoms with Crippen LogP contribution in [0, 0.1) is 11.3 Å². The fourth-order valence-corrected chi connectivity index (χ4v) is 2.75. The van der Waals surface area contributed by atoms with Gasteiger partial charge in [0.05, 0.1) is 11.3 Å². The van der Waals surface area contributed by atoms with E-state index in [1.54, 1.807) is 24.3 Å². The van der Waals surface area contributed by atoms with Crippen LogP contribution in [0.4, 0.5) is 5.69 Å². The number of nitrogens with one attached hydrogen (secondary N) is 1. The van der Waals surface area contributed by atoms with Crippen LogP contribution in [-0.2, 0) is 4.79 Å². The van der Waals surface area contributed by atoms with Gasteiger partial charge in [0.2, 0.25) is 0 Å². The van der Waals surface area contributed by atoms with Crippen molar-refractivity contribution in [3.05, 3.63) is 84.4 Å². The molecule has 0 aliphatic carbocycles. The normalized spacial score (nSPS) is 11.3. The smallest absolute Gasteiger partial charge is 0.265 e. The summed E-state index contributed by atoms with van der Waals surface area (Å²) in [4.78, 5) is 12.6. The predicted octanol–water partition coefficient (Wildman–Crippen LogP) is 5.02. The zero-order valence-electron chi connectivity index (χ0n) is 15.1. The van der Waals surface area contributed by atoms with Gasteiger partial charge in [-0.3, -0.25) is 4.79 Å². The number of ether oxygens (including phenoxy) is 1. The Balaban J connectivity index is 1.69. The number of nitriles is 1. The molecule has 3 aromatic carbocycles. The lowest BCUT2D eigenvalue weighted by Gasteiger charge is -2.18. The Morgan fingerprint density at radius 2 is 1.59 bits per heavy atom. The summed E-state index contributed by atoms with van der Waals surface area (Å²) >= 11 is 0. The largest absolute Gasteiger partial charge is 0.481 e. The first-order valence-corrected chi connectivity index (χ1v) is 8.83. The minimum absolute atomic E-state index is 0.271. The zero-order valence-corrected chi connectivity index (χ0v) is 15.1. The number of para-hydroxylation sites is 1. The monoisotopic (exact) mass is 356 g/mol. The van der Waals surface area contributed by atoms with Gasteiger partial charge in [-0.1, -0.05) is 61.5 Å². The van der Waals surface area contributed by atoms with Crippen LogP contribution in [0.15, 0.2) is 78.9 Å². The number of hydrogen-bond acceptors (Lipinski definition) is 3. The first kappa shape index (κ1) is 18.2. The van der Waals surface area contributed by atoms with Crippen LogP contribution in [0.3, 0.4) is 0 Å². The van der Waals surface area contributed by atoms with E-state index in [-0.39, 0.29) is 5.91 Å². The maximum Gasteiger partial charge on any atom is 0.265 e. The van der Waals surface area contributed by atoms with Gasteiger partial charge in [-0.15, -0.1) is 0 Å². The van der Waals surface area contributed by atoms with Crippen molar-refractivity contribution in [1.82, 2.24) is 0 Å². The molecule has 0 aromatic heterocycles. The number of hydrogen-bond donors (Lipinski definition) is 1. The third-order valence-electron chi connectivity index (χ3n) is 4.21. The van der Waals surface area contributed by atoms with Crippen LogP contribution in [-0.4, -0.2) is 12.0 Å². The number of nitrogens with zero attached hydrogens (tertiary/aromatic N) is 1. The van der Waals surface area contributed by atoms with Crippen LogP contribution in [0.2, 0.25) is 0 Å². The Hall–Kier alpha value is -3.58. The molecule has 3 rings (SSSR count). The Morgan fingerprint density at radius 3 is 2.26 bits per heavy atom. The third kappa shape index (κ3) is 4.53. The Bertz CT molecular complexity index is 944. The van der Waals surface area contributed by atoms with E-state index in [1.165, 1.54) is 0 Å². The lowest BCUT2D eigenvalue weighted by atomic mass is 10.1. The number of anilines is 1. The molecule has 1 N–H and O–H groups in total. The summed E-state index contributed by atoms with van der Waals surface area (Å²) in [5.74, 6) is 0.359. The summed E-state index contributed by atoms with van der Waals surface area (Å²) in [7, 11) is 0. The van der Waals surface area contributed by atoms with Crippen molar-refractivity contribution in [1.29, 1.82) is 5.26 Å². The summed E-state index contributed by atoms with van der Waals surface area (Å²) < 4.78 is 5.87. The molecule has 0 fully saturated rings. The molecule has 1 unspecified atom stereocenters. The van der Waals surface area contributed by atoms with E-state index in [0.29, 0.717) is 23.4 Å². The molecule has 1 atom stereocenters. The molecule has 134 valence electrons. The molecule has 0 spiro atoms. The molecule has 0 aliphatic heterocycles. The third-order valence-corrected chi connectivity index (χ3v) is 4.21. The van der Waals surface area contributed by atoms with E-state index in [1.807, 2.05) is 61.5 Å². The van der Waals surface area contributed by atoms with Crippen molar-refractivity contribution in [2.24, 2.45) is 0 Å². The average Bonchev–Trinajstić information content (AvgIpc) is 2.73. The fraction of sp³-hybridized carbons (Fsp3) is 0.130. The van der Waals surface area contributed by atoms with Gasteiger partial charge in [0.15, 0.2) is 6.10 Å². The number of rotatable bonds is 6. The number of amides is 1. The highest BCUT2D eigenvalue weighted by Crippen LogP contribution is 2.23. The van der Waals surface area contributed by atoms with E-state index >= 15 is 0 Å². The van der Waals surface area contributed by atoms with Crippen molar-refractivity contribution in [3.63, 3.8) is 0 Å². The minimum Gasteiger partial charge on any atom is -0.481 e. The van der Waals surface area contributed by atoms with Gasteiger partial charge in [0.25, 0.3) is 5.91 Å². The molecule has 0 heterocycles. The molecule has 4 heteroatoms. The second-order valence-corrected chi connectivity index (χ2v) is 6.05. The summed E-state index contributed by atoms with van der Waals surface area (Å²) in [6, 6.07) is 26.7. The summed E-state index contributed by atoms with van der Waals surface area (Å²) in [6.45, 7) is 1.89. The molecule has 0 aliphatic rings. The quantitative estimate of drug-likeness (QED) is 0.674. The SMILES string of the molecule is CCC(Oc1ccc(-c2ccccc2)cc1)C(=O)Nc1ccccc1C#N. The first-order valence-electron chi connectivity index (χ1n) is 8.83. The highest BCUT2D eigenvalue weighted by molar-refractivity contribution is 5.95. The second kappa shape index (κ2) is 8.68. The molecule has 4 nitrogen and oxygen atoms in total. The van der Waals surface area contributed by atoms with Crippen molar-refractivity contribution in [2.45, 2.75) is 19.4 Å².